The number of sulfonamides is 1. The number of ether oxygens (including phenoxy) is 1. The lowest BCUT2D eigenvalue weighted by Gasteiger charge is -2.26. The summed E-state index contributed by atoms with van der Waals surface area (Å²) in [6.07, 6.45) is 1.61. The number of hydrogen-bond donors (Lipinski definition) is 1. The molecule has 1 N–H and O–H groups in total. The van der Waals surface area contributed by atoms with Crippen molar-refractivity contribution >= 4 is 27.6 Å². The number of carbonyl (C=O) groups is 2. The molecule has 1 saturated heterocycles. The van der Waals surface area contributed by atoms with Crippen molar-refractivity contribution in [2.24, 2.45) is 0 Å². The van der Waals surface area contributed by atoms with Gasteiger partial charge in [-0.05, 0) is 76.3 Å². The Labute approximate surface area is 196 Å². The number of piperidine rings is 1. The first-order chi connectivity index (χ1) is 15.5. The Bertz CT molecular complexity index is 1140. The molecule has 0 aliphatic carbocycles. The SMILES string of the molecule is Cc1cc(C)c(NC(=O)C(C)OC(=O)c2ccc(C)c(S(=O)(=O)N3CCCCC3)c2)c(C)c1. The van der Waals surface area contributed by atoms with Crippen molar-refractivity contribution in [3.05, 3.63) is 58.1 Å². The first-order valence-corrected chi connectivity index (χ1v) is 12.6. The van der Waals surface area contributed by atoms with Crippen LogP contribution < -0.4 is 5.32 Å². The number of nitrogens with zero attached hydrogens (tertiary/aromatic N) is 1. The van der Waals surface area contributed by atoms with Crippen LogP contribution in [-0.2, 0) is 19.6 Å². The Morgan fingerprint density at radius 2 is 1.55 bits per heavy atom. The lowest BCUT2D eigenvalue weighted by molar-refractivity contribution is -0.123. The molecule has 1 atom stereocenters. The average molecular weight is 473 g/mol. The zero-order chi connectivity index (χ0) is 24.3. The molecule has 1 aliphatic heterocycles. The van der Waals surface area contributed by atoms with Crippen LogP contribution in [0.25, 0.3) is 0 Å². The van der Waals surface area contributed by atoms with E-state index in [9.17, 15) is 18.0 Å². The van der Waals surface area contributed by atoms with Crippen molar-refractivity contribution in [1.82, 2.24) is 4.31 Å². The molecule has 2 aromatic rings. The molecule has 1 aliphatic rings. The van der Waals surface area contributed by atoms with Crippen molar-refractivity contribution in [3.8, 4) is 0 Å². The van der Waals surface area contributed by atoms with E-state index in [0.717, 1.165) is 36.0 Å². The van der Waals surface area contributed by atoms with Crippen LogP contribution >= 0.6 is 0 Å². The van der Waals surface area contributed by atoms with E-state index in [-0.39, 0.29) is 10.5 Å². The number of aryl methyl sites for hydroxylation is 4. The second-order valence-corrected chi connectivity index (χ2v) is 10.7. The third-order valence-electron chi connectivity index (χ3n) is 5.93. The molecule has 1 unspecified atom stereocenters. The van der Waals surface area contributed by atoms with Crippen LogP contribution in [0.1, 0.15) is 58.8 Å². The topological polar surface area (TPSA) is 92.8 Å². The number of amides is 1. The lowest BCUT2D eigenvalue weighted by atomic mass is 10.0. The molecule has 7 nitrogen and oxygen atoms in total. The van der Waals surface area contributed by atoms with Crippen LogP contribution in [0.4, 0.5) is 5.69 Å². The second kappa shape index (κ2) is 10.1. The number of anilines is 1. The van der Waals surface area contributed by atoms with Crippen LogP contribution in [0, 0.1) is 27.7 Å². The summed E-state index contributed by atoms with van der Waals surface area (Å²) < 4.78 is 33.1. The molecule has 0 spiro atoms. The van der Waals surface area contributed by atoms with Crippen LogP contribution in [0.15, 0.2) is 35.2 Å². The summed E-state index contributed by atoms with van der Waals surface area (Å²) in [4.78, 5) is 25.5. The molecule has 0 bridgehead atoms. The van der Waals surface area contributed by atoms with Crippen LogP contribution in [0.3, 0.4) is 0 Å². The van der Waals surface area contributed by atoms with Gasteiger partial charge in [0.25, 0.3) is 5.91 Å². The summed E-state index contributed by atoms with van der Waals surface area (Å²) in [5.41, 5.74) is 4.29. The van der Waals surface area contributed by atoms with Gasteiger partial charge in [-0.2, -0.15) is 4.31 Å². The molecule has 1 fully saturated rings. The van der Waals surface area contributed by atoms with Gasteiger partial charge < -0.3 is 10.1 Å². The van der Waals surface area contributed by atoms with E-state index in [0.29, 0.717) is 24.3 Å². The number of nitrogens with one attached hydrogen (secondary N) is 1. The summed E-state index contributed by atoms with van der Waals surface area (Å²) in [7, 11) is -3.70. The summed E-state index contributed by atoms with van der Waals surface area (Å²) in [5.74, 6) is -1.20. The number of hydrogen-bond acceptors (Lipinski definition) is 5. The van der Waals surface area contributed by atoms with Gasteiger partial charge in [0.2, 0.25) is 10.0 Å². The van der Waals surface area contributed by atoms with Crippen molar-refractivity contribution in [3.63, 3.8) is 0 Å². The predicted octanol–water partition coefficient (Wildman–Crippen LogP) is 4.28. The lowest BCUT2D eigenvalue weighted by Crippen LogP contribution is -2.36. The van der Waals surface area contributed by atoms with E-state index in [1.165, 1.54) is 23.4 Å². The minimum atomic E-state index is -3.70. The van der Waals surface area contributed by atoms with Gasteiger partial charge >= 0.3 is 5.97 Å². The minimum Gasteiger partial charge on any atom is -0.449 e. The Hall–Kier alpha value is -2.71. The van der Waals surface area contributed by atoms with Crippen molar-refractivity contribution in [2.75, 3.05) is 18.4 Å². The average Bonchev–Trinajstić information content (AvgIpc) is 2.76. The van der Waals surface area contributed by atoms with E-state index < -0.39 is 28.0 Å². The zero-order valence-corrected chi connectivity index (χ0v) is 20.7. The van der Waals surface area contributed by atoms with E-state index in [2.05, 4.69) is 5.32 Å². The van der Waals surface area contributed by atoms with Gasteiger partial charge in [0.15, 0.2) is 6.10 Å². The highest BCUT2D eigenvalue weighted by atomic mass is 32.2. The first kappa shape index (κ1) is 24.9. The van der Waals surface area contributed by atoms with Crippen LogP contribution in [0.5, 0.6) is 0 Å². The molecule has 0 radical (unpaired) electrons. The van der Waals surface area contributed by atoms with E-state index in [1.54, 1.807) is 13.0 Å². The third-order valence-corrected chi connectivity index (χ3v) is 7.98. The highest BCUT2D eigenvalue weighted by Gasteiger charge is 2.29. The van der Waals surface area contributed by atoms with E-state index in [1.807, 2.05) is 32.9 Å². The smallest absolute Gasteiger partial charge is 0.338 e. The standard InChI is InChI=1S/C25H32N2O5S/c1-16-13-18(3)23(19(4)14-16)26-24(28)20(5)32-25(29)21-10-9-17(2)22(15-21)33(30,31)27-11-7-6-8-12-27/h9-10,13-15,20H,6-8,11-12H2,1-5H3,(H,26,28). The molecule has 1 amide bonds. The zero-order valence-electron chi connectivity index (χ0n) is 19.9. The van der Waals surface area contributed by atoms with Gasteiger partial charge in [-0.15, -0.1) is 0 Å². The molecule has 0 saturated carbocycles. The van der Waals surface area contributed by atoms with E-state index in [4.69, 9.17) is 4.74 Å². The molecule has 1 heterocycles. The summed E-state index contributed by atoms with van der Waals surface area (Å²) >= 11 is 0. The fourth-order valence-corrected chi connectivity index (χ4v) is 5.90. The molecular weight excluding hydrogens is 440 g/mol. The van der Waals surface area contributed by atoms with Gasteiger partial charge in [-0.3, -0.25) is 4.79 Å². The minimum absolute atomic E-state index is 0.0959. The Morgan fingerprint density at radius 3 is 2.15 bits per heavy atom. The molecule has 33 heavy (non-hydrogen) atoms. The normalized spacial score (nSPS) is 15.7. The molecule has 178 valence electrons. The maximum Gasteiger partial charge on any atom is 0.338 e. The highest BCUT2D eigenvalue weighted by molar-refractivity contribution is 7.89. The fourth-order valence-electron chi connectivity index (χ4n) is 4.13. The second-order valence-electron chi connectivity index (χ2n) is 8.76. The van der Waals surface area contributed by atoms with Gasteiger partial charge in [0.1, 0.15) is 0 Å². The van der Waals surface area contributed by atoms with Crippen molar-refractivity contribution in [2.45, 2.75) is 64.9 Å². The maximum absolute atomic E-state index is 13.1. The highest BCUT2D eigenvalue weighted by Crippen LogP contribution is 2.25. The largest absolute Gasteiger partial charge is 0.449 e. The molecule has 3 rings (SSSR count). The predicted molar refractivity (Wildman–Crippen MR) is 128 cm³/mol. The molecule has 2 aromatic carbocycles. The Balaban J connectivity index is 1.75. The third kappa shape index (κ3) is 5.62. The van der Waals surface area contributed by atoms with Crippen LogP contribution in [0.2, 0.25) is 0 Å². The number of rotatable bonds is 6. The fraction of sp³-hybridized carbons (Fsp3) is 0.440. The quantitative estimate of drug-likeness (QED) is 0.634. The van der Waals surface area contributed by atoms with E-state index >= 15 is 0 Å². The Kier molecular flexibility index (Phi) is 7.59. The summed E-state index contributed by atoms with van der Waals surface area (Å²) in [5, 5.41) is 2.83. The summed E-state index contributed by atoms with van der Waals surface area (Å²) in [6.45, 7) is 9.94. The number of esters is 1. The maximum atomic E-state index is 13.1. The van der Waals surface area contributed by atoms with Gasteiger partial charge in [-0.25, -0.2) is 13.2 Å². The number of carbonyl (C=O) groups excluding carboxylic acids is 2. The van der Waals surface area contributed by atoms with Gasteiger partial charge in [0.05, 0.1) is 10.5 Å². The number of benzene rings is 2. The molecule has 8 heteroatoms. The Morgan fingerprint density at radius 1 is 0.939 bits per heavy atom. The van der Waals surface area contributed by atoms with Crippen molar-refractivity contribution < 1.29 is 22.7 Å². The first-order valence-electron chi connectivity index (χ1n) is 11.2. The van der Waals surface area contributed by atoms with Crippen LogP contribution in [-0.4, -0.2) is 43.8 Å². The summed E-state index contributed by atoms with van der Waals surface area (Å²) in [6, 6.07) is 8.40. The van der Waals surface area contributed by atoms with Gasteiger partial charge in [0, 0.05) is 18.8 Å². The molecule has 0 aromatic heterocycles. The van der Waals surface area contributed by atoms with Crippen molar-refractivity contribution in [1.29, 1.82) is 0 Å². The molecular formula is C25H32N2O5S. The van der Waals surface area contributed by atoms with Gasteiger partial charge in [-0.1, -0.05) is 30.2 Å². The monoisotopic (exact) mass is 472 g/mol.